The zero-order chi connectivity index (χ0) is 19.6. The van der Waals surface area contributed by atoms with Gasteiger partial charge in [0.2, 0.25) is 17.6 Å². The summed E-state index contributed by atoms with van der Waals surface area (Å²) in [5, 5.41) is 6.83. The monoisotopic (exact) mass is 387 g/mol. The second-order valence-electron chi connectivity index (χ2n) is 6.99. The van der Waals surface area contributed by atoms with Crippen molar-refractivity contribution >= 4 is 5.91 Å². The molecular formula is C20H19F2N3O3. The second kappa shape index (κ2) is 7.53. The molecular weight excluding hydrogens is 368 g/mol. The summed E-state index contributed by atoms with van der Waals surface area (Å²) >= 11 is 0. The molecule has 8 heteroatoms. The number of hydrogen-bond donors (Lipinski definition) is 1. The Morgan fingerprint density at radius 3 is 2.75 bits per heavy atom. The Labute approximate surface area is 159 Å². The Morgan fingerprint density at radius 2 is 2.04 bits per heavy atom. The number of halogens is 2. The molecule has 1 fully saturated rings. The SMILES string of the molecule is O=C(CCc1nc(-c2ccoc2)no1)NC1(c2ccc(F)cc2F)CCCC1. The average molecular weight is 387 g/mol. The molecule has 0 aliphatic heterocycles. The van der Waals surface area contributed by atoms with Gasteiger partial charge in [0.25, 0.3) is 0 Å². The van der Waals surface area contributed by atoms with Gasteiger partial charge < -0.3 is 14.3 Å². The predicted molar refractivity (Wildman–Crippen MR) is 95.0 cm³/mol. The summed E-state index contributed by atoms with van der Waals surface area (Å²) in [6.45, 7) is 0. The summed E-state index contributed by atoms with van der Waals surface area (Å²) in [5.74, 6) is -0.785. The Balaban J connectivity index is 1.43. The molecule has 3 aromatic rings. The number of furan rings is 1. The van der Waals surface area contributed by atoms with Gasteiger partial charge in [0.05, 0.1) is 17.4 Å². The molecule has 1 saturated carbocycles. The molecule has 1 aliphatic rings. The van der Waals surface area contributed by atoms with E-state index in [1.807, 2.05) is 0 Å². The first kappa shape index (κ1) is 18.3. The highest BCUT2D eigenvalue weighted by atomic mass is 19.1. The summed E-state index contributed by atoms with van der Waals surface area (Å²) in [5.41, 5.74) is 0.224. The van der Waals surface area contributed by atoms with E-state index < -0.39 is 17.2 Å². The first-order chi connectivity index (χ1) is 13.6. The highest BCUT2D eigenvalue weighted by Crippen LogP contribution is 2.40. The van der Waals surface area contributed by atoms with Crippen molar-refractivity contribution in [3.8, 4) is 11.4 Å². The minimum Gasteiger partial charge on any atom is -0.472 e. The molecule has 1 aliphatic carbocycles. The molecule has 2 heterocycles. The fraction of sp³-hybridized carbons (Fsp3) is 0.350. The lowest BCUT2D eigenvalue weighted by Gasteiger charge is -2.31. The van der Waals surface area contributed by atoms with Gasteiger partial charge in [-0.15, -0.1) is 0 Å². The van der Waals surface area contributed by atoms with Crippen molar-refractivity contribution in [2.75, 3.05) is 0 Å². The highest BCUT2D eigenvalue weighted by Gasteiger charge is 2.39. The van der Waals surface area contributed by atoms with Crippen molar-refractivity contribution < 1.29 is 22.5 Å². The van der Waals surface area contributed by atoms with E-state index in [-0.39, 0.29) is 18.7 Å². The molecule has 0 saturated heterocycles. The van der Waals surface area contributed by atoms with Crippen molar-refractivity contribution in [3.05, 3.63) is 59.9 Å². The molecule has 0 atom stereocenters. The molecule has 2 aromatic heterocycles. The fourth-order valence-corrected chi connectivity index (χ4v) is 3.73. The summed E-state index contributed by atoms with van der Waals surface area (Å²) in [6, 6.07) is 5.21. The van der Waals surface area contributed by atoms with E-state index in [4.69, 9.17) is 8.94 Å². The lowest BCUT2D eigenvalue weighted by atomic mass is 9.87. The number of carbonyl (C=O) groups excluding carboxylic acids is 1. The van der Waals surface area contributed by atoms with Crippen LogP contribution in [0.3, 0.4) is 0 Å². The predicted octanol–water partition coefficient (Wildman–Crippen LogP) is 4.13. The Bertz CT molecular complexity index is 963. The van der Waals surface area contributed by atoms with Crippen LogP contribution in [0, 0.1) is 11.6 Å². The Morgan fingerprint density at radius 1 is 1.21 bits per heavy atom. The second-order valence-corrected chi connectivity index (χ2v) is 6.99. The van der Waals surface area contributed by atoms with Crippen molar-refractivity contribution in [2.45, 2.75) is 44.1 Å². The Kier molecular flexibility index (Phi) is 4.93. The molecule has 146 valence electrons. The number of amides is 1. The van der Waals surface area contributed by atoms with Crippen molar-refractivity contribution in [3.63, 3.8) is 0 Å². The topological polar surface area (TPSA) is 81.2 Å². The van der Waals surface area contributed by atoms with E-state index in [0.29, 0.717) is 35.7 Å². The Hall–Kier alpha value is -3.03. The molecule has 1 amide bonds. The average Bonchev–Trinajstić information content (AvgIpc) is 3.41. The molecule has 28 heavy (non-hydrogen) atoms. The van der Waals surface area contributed by atoms with Gasteiger partial charge >= 0.3 is 0 Å². The van der Waals surface area contributed by atoms with E-state index in [9.17, 15) is 13.6 Å². The van der Waals surface area contributed by atoms with Crippen LogP contribution >= 0.6 is 0 Å². The fourth-order valence-electron chi connectivity index (χ4n) is 3.73. The molecule has 6 nitrogen and oxygen atoms in total. The number of rotatable bonds is 6. The van der Waals surface area contributed by atoms with Gasteiger partial charge in [-0.1, -0.05) is 24.1 Å². The van der Waals surface area contributed by atoms with Gasteiger partial charge in [0.1, 0.15) is 17.9 Å². The van der Waals surface area contributed by atoms with Gasteiger partial charge in [-0.2, -0.15) is 4.98 Å². The van der Waals surface area contributed by atoms with E-state index in [0.717, 1.165) is 18.9 Å². The molecule has 1 aromatic carbocycles. The molecule has 4 rings (SSSR count). The summed E-state index contributed by atoms with van der Waals surface area (Å²) in [4.78, 5) is 16.8. The third-order valence-electron chi connectivity index (χ3n) is 5.10. The van der Waals surface area contributed by atoms with Gasteiger partial charge in [0, 0.05) is 24.5 Å². The standard InChI is InChI=1S/C20H19F2N3O3/c21-14-3-4-15(16(22)11-14)20(8-1-2-9-20)24-17(26)5-6-18-23-19(25-28-18)13-7-10-27-12-13/h3-4,7,10-12H,1-2,5-6,8-9H2,(H,24,26). The van der Waals surface area contributed by atoms with Crippen molar-refractivity contribution in [1.82, 2.24) is 15.5 Å². The van der Waals surface area contributed by atoms with Crippen LogP contribution in [0.25, 0.3) is 11.4 Å². The van der Waals surface area contributed by atoms with Crippen LogP contribution in [-0.4, -0.2) is 16.0 Å². The third-order valence-corrected chi connectivity index (χ3v) is 5.10. The number of nitrogens with one attached hydrogen (secondary N) is 1. The number of nitrogens with zero attached hydrogens (tertiary/aromatic N) is 2. The number of hydrogen-bond acceptors (Lipinski definition) is 5. The van der Waals surface area contributed by atoms with E-state index in [1.54, 1.807) is 6.07 Å². The van der Waals surface area contributed by atoms with Gasteiger partial charge in [-0.05, 0) is 25.0 Å². The van der Waals surface area contributed by atoms with Gasteiger partial charge in [-0.25, -0.2) is 8.78 Å². The molecule has 1 N–H and O–H groups in total. The smallest absolute Gasteiger partial charge is 0.227 e. The van der Waals surface area contributed by atoms with Crippen molar-refractivity contribution in [2.24, 2.45) is 0 Å². The van der Waals surface area contributed by atoms with Crippen LogP contribution < -0.4 is 5.32 Å². The minimum absolute atomic E-state index is 0.123. The molecule has 0 unspecified atom stereocenters. The maximum Gasteiger partial charge on any atom is 0.227 e. The molecule has 0 bridgehead atoms. The minimum atomic E-state index is -0.800. The first-order valence-electron chi connectivity index (χ1n) is 9.17. The number of carbonyl (C=O) groups is 1. The van der Waals surface area contributed by atoms with Crippen LogP contribution in [0.15, 0.2) is 45.7 Å². The van der Waals surface area contributed by atoms with E-state index >= 15 is 0 Å². The molecule has 0 radical (unpaired) electrons. The largest absolute Gasteiger partial charge is 0.472 e. The highest BCUT2D eigenvalue weighted by molar-refractivity contribution is 5.77. The van der Waals surface area contributed by atoms with Crippen LogP contribution in [0.2, 0.25) is 0 Å². The lowest BCUT2D eigenvalue weighted by Crippen LogP contribution is -2.44. The number of aromatic nitrogens is 2. The summed E-state index contributed by atoms with van der Waals surface area (Å²) < 4.78 is 37.8. The maximum absolute atomic E-state index is 14.4. The molecule has 0 spiro atoms. The van der Waals surface area contributed by atoms with Gasteiger partial charge in [-0.3, -0.25) is 4.79 Å². The zero-order valence-corrected chi connectivity index (χ0v) is 15.1. The van der Waals surface area contributed by atoms with Crippen LogP contribution in [0.4, 0.5) is 8.78 Å². The quantitative estimate of drug-likeness (QED) is 0.688. The number of benzene rings is 1. The zero-order valence-electron chi connectivity index (χ0n) is 15.1. The van der Waals surface area contributed by atoms with Crippen LogP contribution in [-0.2, 0) is 16.8 Å². The normalized spacial score (nSPS) is 15.6. The van der Waals surface area contributed by atoms with Gasteiger partial charge in [0.15, 0.2) is 0 Å². The number of aryl methyl sites for hydroxylation is 1. The van der Waals surface area contributed by atoms with E-state index in [2.05, 4.69) is 15.5 Å². The summed E-state index contributed by atoms with van der Waals surface area (Å²) in [6.07, 6.45) is 6.37. The van der Waals surface area contributed by atoms with E-state index in [1.165, 1.54) is 24.7 Å². The summed E-state index contributed by atoms with van der Waals surface area (Å²) in [7, 11) is 0. The third kappa shape index (κ3) is 3.67. The van der Waals surface area contributed by atoms with Crippen LogP contribution in [0.1, 0.15) is 43.6 Å². The van der Waals surface area contributed by atoms with Crippen molar-refractivity contribution in [1.29, 1.82) is 0 Å². The maximum atomic E-state index is 14.4. The lowest BCUT2D eigenvalue weighted by molar-refractivity contribution is -0.123. The van der Waals surface area contributed by atoms with Crippen LogP contribution in [0.5, 0.6) is 0 Å². The first-order valence-corrected chi connectivity index (χ1v) is 9.17.